The van der Waals surface area contributed by atoms with E-state index in [0.29, 0.717) is 18.8 Å². The van der Waals surface area contributed by atoms with Crippen LogP contribution in [0.1, 0.15) is 10.4 Å². The molecule has 0 saturated carbocycles. The molecule has 0 unspecified atom stereocenters. The summed E-state index contributed by atoms with van der Waals surface area (Å²) in [4.78, 5) is 26.1. The normalized spacial score (nSPS) is 10.2. The topological polar surface area (TPSA) is 116 Å². The zero-order valence-corrected chi connectivity index (χ0v) is 10.5. The maximum absolute atomic E-state index is 12.0. The molecule has 20 heavy (non-hydrogen) atoms. The zero-order valence-electron chi connectivity index (χ0n) is 10.5. The van der Waals surface area contributed by atoms with Gasteiger partial charge in [0, 0.05) is 37.2 Å². The van der Waals surface area contributed by atoms with E-state index >= 15 is 0 Å². The second kappa shape index (κ2) is 5.83. The van der Waals surface area contributed by atoms with E-state index in [1.54, 1.807) is 23.3 Å². The number of carbonyl (C=O) groups excluding carboxylic acids is 1. The van der Waals surface area contributed by atoms with Gasteiger partial charge >= 0.3 is 0 Å². The zero-order chi connectivity index (χ0) is 14.5. The lowest BCUT2D eigenvalue weighted by molar-refractivity contribution is -0.385. The van der Waals surface area contributed by atoms with Crippen molar-refractivity contribution < 1.29 is 9.72 Å². The molecule has 1 heterocycles. The minimum absolute atomic E-state index is 0.0411. The first-order chi connectivity index (χ1) is 9.58. The number of amides is 1. The second-order valence-electron chi connectivity index (χ2n) is 4.09. The summed E-state index contributed by atoms with van der Waals surface area (Å²) in [6.07, 6.45) is 5.01. The number of carbonyl (C=O) groups is 1. The van der Waals surface area contributed by atoms with E-state index < -0.39 is 10.8 Å². The summed E-state index contributed by atoms with van der Waals surface area (Å²) in [5.74, 6) is -0.524. The monoisotopic (exact) mass is 275 g/mol. The van der Waals surface area contributed by atoms with Gasteiger partial charge in [-0.15, -0.1) is 0 Å². The molecule has 1 aromatic carbocycles. The van der Waals surface area contributed by atoms with Crippen molar-refractivity contribution in [1.29, 1.82) is 0 Å². The van der Waals surface area contributed by atoms with Crippen LogP contribution in [0.4, 0.5) is 11.4 Å². The Bertz CT molecular complexity index is 624. The molecule has 0 spiro atoms. The van der Waals surface area contributed by atoms with Crippen molar-refractivity contribution in [2.75, 3.05) is 12.3 Å². The van der Waals surface area contributed by atoms with Gasteiger partial charge in [-0.05, 0) is 12.1 Å². The summed E-state index contributed by atoms with van der Waals surface area (Å²) in [5.41, 5.74) is 5.55. The van der Waals surface area contributed by atoms with E-state index in [4.69, 9.17) is 5.73 Å². The number of nitro groups is 1. The van der Waals surface area contributed by atoms with Crippen LogP contribution in [0.5, 0.6) is 0 Å². The first kappa shape index (κ1) is 13.5. The van der Waals surface area contributed by atoms with Gasteiger partial charge in [-0.25, -0.2) is 4.98 Å². The van der Waals surface area contributed by atoms with Gasteiger partial charge in [0.05, 0.1) is 11.3 Å². The number of nitrogens with zero attached hydrogens (tertiary/aromatic N) is 3. The van der Waals surface area contributed by atoms with Crippen molar-refractivity contribution in [1.82, 2.24) is 14.9 Å². The number of rotatable bonds is 5. The molecule has 3 N–H and O–H groups in total. The third-order valence-electron chi connectivity index (χ3n) is 2.68. The van der Waals surface area contributed by atoms with E-state index in [1.165, 1.54) is 18.2 Å². The summed E-state index contributed by atoms with van der Waals surface area (Å²) < 4.78 is 1.79. The van der Waals surface area contributed by atoms with Gasteiger partial charge in [0.25, 0.3) is 11.6 Å². The number of hydrogen-bond acceptors (Lipinski definition) is 5. The van der Waals surface area contributed by atoms with Crippen LogP contribution in [0, 0.1) is 10.1 Å². The number of nitrogen functional groups attached to an aromatic ring is 1. The first-order valence-corrected chi connectivity index (χ1v) is 5.86. The van der Waals surface area contributed by atoms with Crippen LogP contribution < -0.4 is 11.1 Å². The number of benzene rings is 1. The highest BCUT2D eigenvalue weighted by atomic mass is 16.6. The highest BCUT2D eigenvalue weighted by Crippen LogP contribution is 2.20. The van der Waals surface area contributed by atoms with Gasteiger partial charge in [-0.2, -0.15) is 0 Å². The number of nitro benzene ring substituents is 1. The Morgan fingerprint density at radius 3 is 2.95 bits per heavy atom. The van der Waals surface area contributed by atoms with E-state index in [1.807, 2.05) is 0 Å². The standard InChI is InChI=1S/C12H13N5O3/c13-9-1-2-11(17(19)20)10(7-9)12(18)15-4-6-16-5-3-14-8-16/h1-3,5,7-8H,4,6,13H2,(H,15,18). The van der Waals surface area contributed by atoms with Gasteiger partial charge in [-0.3, -0.25) is 14.9 Å². The molecule has 1 aromatic heterocycles. The van der Waals surface area contributed by atoms with Gasteiger partial charge in [-0.1, -0.05) is 0 Å². The largest absolute Gasteiger partial charge is 0.399 e. The fourth-order valence-corrected chi connectivity index (χ4v) is 1.71. The molecule has 2 aromatic rings. The molecule has 0 aliphatic carbocycles. The Morgan fingerprint density at radius 1 is 1.50 bits per heavy atom. The van der Waals surface area contributed by atoms with Gasteiger partial charge in [0.1, 0.15) is 5.56 Å². The van der Waals surface area contributed by atoms with Crippen LogP contribution in [0.15, 0.2) is 36.9 Å². The van der Waals surface area contributed by atoms with E-state index in [-0.39, 0.29) is 11.3 Å². The Kier molecular flexibility index (Phi) is 3.94. The van der Waals surface area contributed by atoms with Crippen molar-refractivity contribution >= 4 is 17.3 Å². The molecule has 0 saturated heterocycles. The van der Waals surface area contributed by atoms with Crippen LogP contribution in [-0.2, 0) is 6.54 Å². The lowest BCUT2D eigenvalue weighted by atomic mass is 10.1. The Hall–Kier alpha value is -2.90. The minimum Gasteiger partial charge on any atom is -0.399 e. The Morgan fingerprint density at radius 2 is 2.30 bits per heavy atom. The number of nitrogens with two attached hydrogens (primary N) is 1. The molecule has 8 heteroatoms. The number of aromatic nitrogens is 2. The summed E-state index contributed by atoms with van der Waals surface area (Å²) >= 11 is 0. The average Bonchev–Trinajstić information content (AvgIpc) is 2.91. The van der Waals surface area contributed by atoms with Crippen molar-refractivity contribution in [3.8, 4) is 0 Å². The number of anilines is 1. The van der Waals surface area contributed by atoms with Gasteiger partial charge in [0.2, 0.25) is 0 Å². The van der Waals surface area contributed by atoms with Crippen LogP contribution in [0.2, 0.25) is 0 Å². The van der Waals surface area contributed by atoms with Gasteiger partial charge in [0.15, 0.2) is 0 Å². The number of nitrogens with one attached hydrogen (secondary N) is 1. The molecule has 8 nitrogen and oxygen atoms in total. The lowest BCUT2D eigenvalue weighted by Gasteiger charge is -2.07. The molecule has 0 fully saturated rings. The van der Waals surface area contributed by atoms with Crippen LogP contribution >= 0.6 is 0 Å². The molecular formula is C12H13N5O3. The van der Waals surface area contributed by atoms with E-state index in [0.717, 1.165) is 0 Å². The maximum atomic E-state index is 12.0. The number of imidazole rings is 1. The molecule has 0 atom stereocenters. The SMILES string of the molecule is Nc1ccc([N+](=O)[O-])c(C(=O)NCCn2ccnc2)c1. The van der Waals surface area contributed by atoms with Crippen molar-refractivity contribution in [3.63, 3.8) is 0 Å². The molecule has 0 aliphatic rings. The summed E-state index contributed by atoms with van der Waals surface area (Å²) in [7, 11) is 0. The molecular weight excluding hydrogens is 262 g/mol. The lowest BCUT2D eigenvalue weighted by Crippen LogP contribution is -2.27. The van der Waals surface area contributed by atoms with Crippen LogP contribution in [0.25, 0.3) is 0 Å². The molecule has 0 aliphatic heterocycles. The van der Waals surface area contributed by atoms with Crippen LogP contribution in [0.3, 0.4) is 0 Å². The summed E-state index contributed by atoms with van der Waals surface area (Å²) in [6, 6.07) is 3.91. The quantitative estimate of drug-likeness (QED) is 0.475. The highest BCUT2D eigenvalue weighted by molar-refractivity contribution is 5.99. The summed E-state index contributed by atoms with van der Waals surface area (Å²) in [6.45, 7) is 0.864. The minimum atomic E-state index is -0.607. The smallest absolute Gasteiger partial charge is 0.282 e. The molecule has 0 radical (unpaired) electrons. The van der Waals surface area contributed by atoms with Crippen molar-refractivity contribution in [3.05, 3.63) is 52.6 Å². The summed E-state index contributed by atoms with van der Waals surface area (Å²) in [5, 5.41) is 13.5. The third-order valence-corrected chi connectivity index (χ3v) is 2.68. The van der Waals surface area contributed by atoms with Crippen molar-refractivity contribution in [2.45, 2.75) is 6.54 Å². The van der Waals surface area contributed by atoms with Crippen molar-refractivity contribution in [2.24, 2.45) is 0 Å². The molecule has 0 bridgehead atoms. The van der Waals surface area contributed by atoms with E-state index in [9.17, 15) is 14.9 Å². The fourth-order valence-electron chi connectivity index (χ4n) is 1.71. The Balaban J connectivity index is 2.05. The molecule has 104 valence electrons. The average molecular weight is 275 g/mol. The molecule has 2 rings (SSSR count). The third kappa shape index (κ3) is 3.10. The maximum Gasteiger partial charge on any atom is 0.282 e. The second-order valence-corrected chi connectivity index (χ2v) is 4.09. The predicted molar refractivity (Wildman–Crippen MR) is 72.1 cm³/mol. The van der Waals surface area contributed by atoms with E-state index in [2.05, 4.69) is 10.3 Å². The van der Waals surface area contributed by atoms with Crippen LogP contribution in [-0.4, -0.2) is 26.9 Å². The fraction of sp³-hybridized carbons (Fsp3) is 0.167. The first-order valence-electron chi connectivity index (χ1n) is 5.86. The van der Waals surface area contributed by atoms with Gasteiger partial charge < -0.3 is 15.6 Å². The Labute approximate surface area is 114 Å². The highest BCUT2D eigenvalue weighted by Gasteiger charge is 2.19. The molecule has 1 amide bonds. The number of hydrogen-bond donors (Lipinski definition) is 2. The predicted octanol–water partition coefficient (Wildman–Crippen LogP) is 0.803.